The summed E-state index contributed by atoms with van der Waals surface area (Å²) in [6.45, 7) is 18.2. The van der Waals surface area contributed by atoms with Gasteiger partial charge in [-0.2, -0.15) is 4.58 Å². The molecule has 2 aliphatic rings. The maximum Gasteiger partial charge on any atom is 0.210 e. The molecule has 0 saturated carbocycles. The summed E-state index contributed by atoms with van der Waals surface area (Å²) in [4.78, 5) is 2.37. The number of benzene rings is 2. The number of allylic oxidation sites excluding steroid dienone is 4. The van der Waals surface area contributed by atoms with Gasteiger partial charge in [0.15, 0.2) is 5.71 Å². The van der Waals surface area contributed by atoms with E-state index in [0.717, 1.165) is 0 Å². The van der Waals surface area contributed by atoms with Crippen LogP contribution >= 0.6 is 0 Å². The van der Waals surface area contributed by atoms with E-state index in [9.17, 15) is 0 Å². The maximum absolute atomic E-state index is 2.37. The average molecular weight is 414 g/mol. The summed E-state index contributed by atoms with van der Waals surface area (Å²) >= 11 is 0. The zero-order valence-corrected chi connectivity index (χ0v) is 20.9. The third-order valence-electron chi connectivity index (χ3n) is 7.40. The molecule has 0 aromatic heterocycles. The number of hydrogen-bond donors (Lipinski definition) is 0. The van der Waals surface area contributed by atoms with Gasteiger partial charge in [-0.15, -0.1) is 0 Å². The second-order valence-corrected chi connectivity index (χ2v) is 10.6. The summed E-state index contributed by atoms with van der Waals surface area (Å²) in [5.74, 6) is 0. The van der Waals surface area contributed by atoms with Gasteiger partial charge in [0.1, 0.15) is 7.05 Å². The van der Waals surface area contributed by atoms with Gasteiger partial charge in [-0.25, -0.2) is 0 Å². The Morgan fingerprint density at radius 1 is 0.806 bits per heavy atom. The van der Waals surface area contributed by atoms with Crippen molar-refractivity contribution in [2.45, 2.75) is 66.2 Å². The number of nitrogens with zero attached hydrogens (tertiary/aromatic N) is 2. The van der Waals surface area contributed by atoms with Gasteiger partial charge in [0.2, 0.25) is 5.69 Å². The lowest BCUT2D eigenvalue weighted by Gasteiger charge is -2.24. The van der Waals surface area contributed by atoms with E-state index >= 15 is 0 Å². The van der Waals surface area contributed by atoms with Gasteiger partial charge in [0, 0.05) is 41.6 Å². The first kappa shape index (κ1) is 21.6. The second kappa shape index (κ2) is 6.95. The van der Waals surface area contributed by atoms with Gasteiger partial charge >= 0.3 is 0 Å². The zero-order valence-electron chi connectivity index (χ0n) is 20.9. The zero-order chi connectivity index (χ0) is 22.9. The van der Waals surface area contributed by atoms with Crippen molar-refractivity contribution in [3.8, 4) is 0 Å². The van der Waals surface area contributed by atoms with Crippen molar-refractivity contribution in [3.05, 3.63) is 81.6 Å². The lowest BCUT2D eigenvalue weighted by Crippen LogP contribution is -2.27. The fraction of sp³-hybridized carbons (Fsp3) is 0.414. The number of hydrogen-bond acceptors (Lipinski definition) is 1. The second-order valence-electron chi connectivity index (χ2n) is 10.6. The van der Waals surface area contributed by atoms with E-state index in [0.29, 0.717) is 0 Å². The highest BCUT2D eigenvalue weighted by molar-refractivity contribution is 6.03. The molecule has 2 aliphatic heterocycles. The molecule has 4 rings (SSSR count). The van der Waals surface area contributed by atoms with Crippen LogP contribution in [0.2, 0.25) is 0 Å². The Balaban J connectivity index is 1.75. The molecular formula is C29H37N2+. The third-order valence-corrected chi connectivity index (χ3v) is 7.40. The Morgan fingerprint density at radius 3 is 2.03 bits per heavy atom. The standard InChI is InChI=1S/C29H37N2/c1-18-14-20(3)26-22(16-18)30(9)24(28(26,5)6)12-11-13-25-29(7,8)27-21(4)15-19(2)17-23(27)31(25)10/h11-17H,1-10H3/q+1. The molecule has 2 heterocycles. The summed E-state index contributed by atoms with van der Waals surface area (Å²) in [5, 5.41) is 0. The molecular weight excluding hydrogens is 376 g/mol. The van der Waals surface area contributed by atoms with Crippen molar-refractivity contribution in [3.63, 3.8) is 0 Å². The normalized spacial score (nSPS) is 20.2. The molecule has 2 aromatic rings. The highest BCUT2D eigenvalue weighted by Gasteiger charge is 2.44. The summed E-state index contributed by atoms with van der Waals surface area (Å²) < 4.78 is 2.37. The molecule has 162 valence electrons. The van der Waals surface area contributed by atoms with E-state index < -0.39 is 0 Å². The molecule has 2 nitrogen and oxygen atoms in total. The van der Waals surface area contributed by atoms with Crippen LogP contribution in [0.3, 0.4) is 0 Å². The highest BCUT2D eigenvalue weighted by Crippen LogP contribution is 2.49. The van der Waals surface area contributed by atoms with Crippen molar-refractivity contribution in [1.29, 1.82) is 0 Å². The van der Waals surface area contributed by atoms with Gasteiger partial charge in [-0.05, 0) is 81.5 Å². The molecule has 31 heavy (non-hydrogen) atoms. The van der Waals surface area contributed by atoms with Crippen molar-refractivity contribution >= 4 is 17.1 Å². The Hall–Kier alpha value is -2.61. The Morgan fingerprint density at radius 2 is 1.39 bits per heavy atom. The fourth-order valence-electron chi connectivity index (χ4n) is 6.27. The van der Waals surface area contributed by atoms with Crippen LogP contribution in [0.5, 0.6) is 0 Å². The Labute approximate surface area is 188 Å². The van der Waals surface area contributed by atoms with Crippen molar-refractivity contribution in [2.24, 2.45) is 0 Å². The molecule has 0 saturated heterocycles. The van der Waals surface area contributed by atoms with Gasteiger partial charge in [-0.3, -0.25) is 0 Å². The summed E-state index contributed by atoms with van der Waals surface area (Å²) in [6, 6.07) is 9.25. The Kier molecular flexibility index (Phi) is 4.85. The number of fused-ring (bicyclic) bond motifs is 2. The average Bonchev–Trinajstić information content (AvgIpc) is 2.94. The maximum atomic E-state index is 2.37. The predicted octanol–water partition coefficient (Wildman–Crippen LogP) is 6.79. The molecule has 0 atom stereocenters. The van der Waals surface area contributed by atoms with E-state index in [1.165, 1.54) is 56.2 Å². The first-order valence-corrected chi connectivity index (χ1v) is 11.3. The van der Waals surface area contributed by atoms with E-state index in [2.05, 4.69) is 121 Å². The van der Waals surface area contributed by atoms with Gasteiger partial charge in [-0.1, -0.05) is 32.1 Å². The van der Waals surface area contributed by atoms with Crippen molar-refractivity contribution in [1.82, 2.24) is 0 Å². The Bertz CT molecular complexity index is 1190. The van der Waals surface area contributed by atoms with Gasteiger partial charge < -0.3 is 4.90 Å². The first-order chi connectivity index (χ1) is 14.4. The molecule has 0 bridgehead atoms. The minimum Gasteiger partial charge on any atom is -0.347 e. The fourth-order valence-corrected chi connectivity index (χ4v) is 6.27. The molecule has 0 unspecified atom stereocenters. The smallest absolute Gasteiger partial charge is 0.210 e. The molecule has 0 radical (unpaired) electrons. The molecule has 0 spiro atoms. The number of aryl methyl sites for hydroxylation is 4. The van der Waals surface area contributed by atoms with Crippen molar-refractivity contribution in [2.75, 3.05) is 19.0 Å². The molecule has 0 amide bonds. The van der Waals surface area contributed by atoms with Crippen LogP contribution < -0.4 is 4.90 Å². The van der Waals surface area contributed by atoms with Crippen LogP contribution in [0.15, 0.2) is 48.2 Å². The number of anilines is 1. The van der Waals surface area contributed by atoms with Gasteiger partial charge in [0.05, 0.1) is 5.41 Å². The lowest BCUT2D eigenvalue weighted by atomic mass is 9.78. The molecule has 2 heteroatoms. The number of likely N-dealkylation sites (N-methyl/N-ethyl adjacent to an activating group) is 1. The molecule has 0 N–H and O–H groups in total. The van der Waals surface area contributed by atoms with E-state index in [1.54, 1.807) is 0 Å². The summed E-state index contributed by atoms with van der Waals surface area (Å²) in [7, 11) is 4.40. The summed E-state index contributed by atoms with van der Waals surface area (Å²) in [5.41, 5.74) is 13.7. The van der Waals surface area contributed by atoms with Crippen LogP contribution in [0.25, 0.3) is 0 Å². The predicted molar refractivity (Wildman–Crippen MR) is 134 cm³/mol. The third kappa shape index (κ3) is 3.11. The monoisotopic (exact) mass is 413 g/mol. The topological polar surface area (TPSA) is 6.25 Å². The van der Waals surface area contributed by atoms with Gasteiger partial charge in [0.25, 0.3) is 0 Å². The summed E-state index contributed by atoms with van der Waals surface area (Å²) in [6.07, 6.45) is 6.88. The van der Waals surface area contributed by atoms with E-state index in [4.69, 9.17) is 0 Å². The van der Waals surface area contributed by atoms with E-state index in [1.807, 2.05) is 0 Å². The van der Waals surface area contributed by atoms with Crippen LogP contribution in [-0.2, 0) is 10.8 Å². The molecule has 0 fully saturated rings. The van der Waals surface area contributed by atoms with Crippen LogP contribution in [0.1, 0.15) is 61.1 Å². The SMILES string of the molecule is Cc1cc(C)c2c(c1)N(C)C(=CC=CC1=[N+](C)c3cc(C)cc(C)c3C1(C)C)C2(C)C. The quantitative estimate of drug-likeness (QED) is 0.491. The van der Waals surface area contributed by atoms with E-state index in [-0.39, 0.29) is 10.8 Å². The van der Waals surface area contributed by atoms with Crippen LogP contribution in [0, 0.1) is 27.7 Å². The molecule has 2 aromatic carbocycles. The van der Waals surface area contributed by atoms with Crippen molar-refractivity contribution < 1.29 is 4.58 Å². The minimum absolute atomic E-state index is 0.00929. The minimum atomic E-state index is -0.00929. The highest BCUT2D eigenvalue weighted by atomic mass is 15.2. The first-order valence-electron chi connectivity index (χ1n) is 11.3. The lowest BCUT2D eigenvalue weighted by molar-refractivity contribution is -0.401. The largest absolute Gasteiger partial charge is 0.347 e. The molecule has 0 aliphatic carbocycles. The number of rotatable bonds is 2. The van der Waals surface area contributed by atoms with Crippen LogP contribution in [0.4, 0.5) is 11.4 Å². The van der Waals surface area contributed by atoms with Crippen LogP contribution in [-0.4, -0.2) is 24.4 Å².